The van der Waals surface area contributed by atoms with E-state index < -0.39 is 5.72 Å². The Balaban J connectivity index is 1.25. The Morgan fingerprint density at radius 2 is 1.96 bits per heavy atom. The molecule has 3 N–H and O–H groups in total. The second-order valence-electron chi connectivity index (χ2n) is 7.69. The molecule has 2 amide bonds. The van der Waals surface area contributed by atoms with Crippen LogP contribution in [0.4, 0.5) is 0 Å². The predicted molar refractivity (Wildman–Crippen MR) is 104 cm³/mol. The molecule has 2 fully saturated rings. The van der Waals surface area contributed by atoms with Gasteiger partial charge in [0, 0.05) is 32.4 Å². The molecular weight excluding hydrogens is 360 g/mol. The van der Waals surface area contributed by atoms with Crippen LogP contribution in [-0.4, -0.2) is 51.6 Å². The first-order chi connectivity index (χ1) is 13.5. The molecule has 0 saturated carbocycles. The Hall–Kier alpha value is -2.61. The highest BCUT2D eigenvalue weighted by Crippen LogP contribution is 2.31. The molecule has 0 radical (unpaired) electrons. The number of ether oxygens (including phenoxy) is 1. The summed E-state index contributed by atoms with van der Waals surface area (Å²) >= 11 is 0. The van der Waals surface area contributed by atoms with Gasteiger partial charge in [-0.15, -0.1) is 0 Å². The van der Waals surface area contributed by atoms with E-state index in [1.54, 1.807) is 0 Å². The summed E-state index contributed by atoms with van der Waals surface area (Å²) in [5, 5.41) is 2.98. The van der Waals surface area contributed by atoms with E-state index in [2.05, 4.69) is 15.3 Å². The summed E-state index contributed by atoms with van der Waals surface area (Å²) in [4.78, 5) is 43.1. The lowest BCUT2D eigenvalue weighted by Crippen LogP contribution is -2.53. The van der Waals surface area contributed by atoms with Crippen LogP contribution in [0.2, 0.25) is 0 Å². The Morgan fingerprint density at radius 3 is 2.68 bits per heavy atom. The molecule has 0 bridgehead atoms. The van der Waals surface area contributed by atoms with Crippen LogP contribution in [0, 0.1) is 0 Å². The lowest BCUT2D eigenvalue weighted by Gasteiger charge is -2.38. The van der Waals surface area contributed by atoms with Gasteiger partial charge in [0.05, 0.1) is 11.0 Å². The van der Waals surface area contributed by atoms with Gasteiger partial charge in [-0.1, -0.05) is 13.0 Å². The molecule has 1 aromatic heterocycles. The monoisotopic (exact) mass is 386 g/mol. The first kappa shape index (κ1) is 18.7. The molecule has 1 spiro atoms. The maximum atomic E-state index is 12.5. The van der Waals surface area contributed by atoms with Crippen molar-refractivity contribution in [2.24, 2.45) is 0 Å². The first-order valence-electron chi connectivity index (χ1n) is 9.96. The normalized spacial score (nSPS) is 21.4. The highest BCUT2D eigenvalue weighted by atomic mass is 16.5. The van der Waals surface area contributed by atoms with Crippen LogP contribution in [0.15, 0.2) is 23.0 Å². The van der Waals surface area contributed by atoms with E-state index in [1.165, 1.54) is 0 Å². The number of aromatic nitrogens is 2. The minimum Gasteiger partial charge on any atom is -0.343 e. The number of benzene rings is 1. The second-order valence-corrected chi connectivity index (χ2v) is 7.69. The average Bonchev–Trinajstić information content (AvgIpc) is 3.20. The topological polar surface area (TPSA) is 107 Å². The lowest BCUT2D eigenvalue weighted by molar-refractivity contribution is -0.139. The third-order valence-electron chi connectivity index (χ3n) is 5.74. The molecule has 8 heteroatoms. The van der Waals surface area contributed by atoms with Gasteiger partial charge in [-0.25, -0.2) is 4.79 Å². The van der Waals surface area contributed by atoms with Gasteiger partial charge in [-0.05, 0) is 37.0 Å². The van der Waals surface area contributed by atoms with E-state index in [9.17, 15) is 14.4 Å². The molecule has 0 aliphatic carbocycles. The molecule has 2 aromatic rings. The van der Waals surface area contributed by atoms with Gasteiger partial charge in [0.25, 0.3) is 5.91 Å². The third kappa shape index (κ3) is 3.69. The molecule has 1 atom stereocenters. The van der Waals surface area contributed by atoms with Gasteiger partial charge in [-0.2, -0.15) is 0 Å². The number of amides is 2. The minimum absolute atomic E-state index is 0.0389. The summed E-state index contributed by atoms with van der Waals surface area (Å²) in [6.45, 7) is 3.14. The number of carbonyl (C=O) groups is 2. The van der Waals surface area contributed by atoms with Crippen LogP contribution in [-0.2, 0) is 20.7 Å². The van der Waals surface area contributed by atoms with Crippen molar-refractivity contribution in [3.8, 4) is 0 Å². The number of nitrogens with one attached hydrogen (secondary N) is 3. The fourth-order valence-electron chi connectivity index (χ4n) is 4.13. The summed E-state index contributed by atoms with van der Waals surface area (Å²) in [5.41, 5.74) is 1.88. The van der Waals surface area contributed by atoms with Crippen molar-refractivity contribution < 1.29 is 14.3 Å². The van der Waals surface area contributed by atoms with Crippen molar-refractivity contribution in [2.75, 3.05) is 13.1 Å². The molecule has 1 unspecified atom stereocenters. The minimum atomic E-state index is -0.586. The molecule has 8 nitrogen and oxygen atoms in total. The van der Waals surface area contributed by atoms with Crippen LogP contribution in [0.5, 0.6) is 0 Å². The largest absolute Gasteiger partial charge is 0.343 e. The van der Waals surface area contributed by atoms with Crippen LogP contribution in [0.3, 0.4) is 0 Å². The number of imidazole rings is 1. The number of nitrogens with zero attached hydrogens (tertiary/aromatic N) is 1. The number of fused-ring (bicyclic) bond motifs is 1. The summed E-state index contributed by atoms with van der Waals surface area (Å²) in [5.74, 6) is 0.102. The van der Waals surface area contributed by atoms with Crippen LogP contribution in [0.1, 0.15) is 44.6 Å². The van der Waals surface area contributed by atoms with Gasteiger partial charge in [0.2, 0.25) is 5.91 Å². The number of likely N-dealkylation sites (tertiary alicyclic amines) is 1. The van der Waals surface area contributed by atoms with Crippen molar-refractivity contribution >= 4 is 22.8 Å². The first-order valence-corrected chi connectivity index (χ1v) is 9.96. The van der Waals surface area contributed by atoms with E-state index >= 15 is 0 Å². The number of carbonyl (C=O) groups excluding carboxylic acids is 2. The van der Waals surface area contributed by atoms with Gasteiger partial charge >= 0.3 is 5.69 Å². The highest BCUT2D eigenvalue weighted by Gasteiger charge is 2.46. The number of hydrogen-bond donors (Lipinski definition) is 3. The molecule has 4 rings (SSSR count). The second kappa shape index (κ2) is 7.43. The summed E-state index contributed by atoms with van der Waals surface area (Å²) in [6.07, 6.45) is 3.60. The predicted octanol–water partition coefficient (Wildman–Crippen LogP) is 1.42. The van der Waals surface area contributed by atoms with E-state index in [1.807, 2.05) is 30.0 Å². The number of aryl methyl sites for hydroxylation is 1. The number of rotatable bonds is 5. The van der Waals surface area contributed by atoms with Crippen molar-refractivity contribution in [3.05, 3.63) is 34.2 Å². The standard InChI is InChI=1S/C20H26N4O4/c1-2-16-18(26)23-20(28-16)8-10-24(11-9-20)17(25)5-3-4-13-6-7-14-15(12-13)22-19(27)21-14/h6-7,12,16H,2-5,8-11H2,1H3,(H,23,26)(H2,21,22,27). The van der Waals surface area contributed by atoms with Crippen LogP contribution in [0.25, 0.3) is 11.0 Å². The molecule has 2 saturated heterocycles. The summed E-state index contributed by atoms with van der Waals surface area (Å²) in [7, 11) is 0. The Labute approximate surface area is 162 Å². The molecule has 2 aliphatic rings. The zero-order valence-electron chi connectivity index (χ0n) is 16.0. The number of aromatic amines is 2. The fraction of sp³-hybridized carbons (Fsp3) is 0.550. The zero-order chi connectivity index (χ0) is 19.7. The van der Waals surface area contributed by atoms with Gasteiger partial charge in [0.1, 0.15) is 11.8 Å². The molecule has 150 valence electrons. The summed E-state index contributed by atoms with van der Waals surface area (Å²) in [6, 6.07) is 5.81. The van der Waals surface area contributed by atoms with Crippen LogP contribution >= 0.6 is 0 Å². The smallest absolute Gasteiger partial charge is 0.323 e. The maximum Gasteiger partial charge on any atom is 0.323 e. The van der Waals surface area contributed by atoms with Crippen LogP contribution < -0.4 is 11.0 Å². The number of piperidine rings is 1. The van der Waals surface area contributed by atoms with E-state index in [0.29, 0.717) is 38.8 Å². The Morgan fingerprint density at radius 1 is 1.21 bits per heavy atom. The molecule has 1 aromatic carbocycles. The highest BCUT2D eigenvalue weighted by molar-refractivity contribution is 5.83. The fourth-order valence-corrected chi connectivity index (χ4v) is 4.13. The maximum absolute atomic E-state index is 12.5. The zero-order valence-corrected chi connectivity index (χ0v) is 16.0. The lowest BCUT2D eigenvalue weighted by atomic mass is 10.00. The molecule has 3 heterocycles. The number of H-pyrrole nitrogens is 2. The van der Waals surface area contributed by atoms with Gasteiger partial charge < -0.3 is 24.9 Å². The molecular formula is C20H26N4O4. The van der Waals surface area contributed by atoms with E-state index in [4.69, 9.17) is 4.74 Å². The van der Waals surface area contributed by atoms with E-state index in [0.717, 1.165) is 29.4 Å². The summed E-state index contributed by atoms with van der Waals surface area (Å²) < 4.78 is 5.93. The van der Waals surface area contributed by atoms with Crippen molar-refractivity contribution in [3.63, 3.8) is 0 Å². The average molecular weight is 386 g/mol. The molecule has 28 heavy (non-hydrogen) atoms. The SMILES string of the molecule is CCC1OC2(CCN(C(=O)CCCc3ccc4[nH]c(=O)[nH]c4c3)CC2)NC1=O. The van der Waals surface area contributed by atoms with Crippen molar-refractivity contribution in [1.82, 2.24) is 20.2 Å². The number of hydrogen-bond acceptors (Lipinski definition) is 4. The Kier molecular flexibility index (Phi) is 4.97. The van der Waals surface area contributed by atoms with Gasteiger partial charge in [-0.3, -0.25) is 9.59 Å². The van der Waals surface area contributed by atoms with Crippen molar-refractivity contribution in [2.45, 2.75) is 57.3 Å². The quantitative estimate of drug-likeness (QED) is 0.722. The van der Waals surface area contributed by atoms with Gasteiger partial charge in [0.15, 0.2) is 0 Å². The van der Waals surface area contributed by atoms with Crippen molar-refractivity contribution in [1.29, 1.82) is 0 Å². The van der Waals surface area contributed by atoms with E-state index in [-0.39, 0.29) is 23.6 Å². The third-order valence-corrected chi connectivity index (χ3v) is 5.74. The Bertz CT molecular complexity index is 939. The molecule has 2 aliphatic heterocycles.